The van der Waals surface area contributed by atoms with E-state index < -0.39 is 0 Å². The first-order valence-corrected chi connectivity index (χ1v) is 7.63. The summed E-state index contributed by atoms with van der Waals surface area (Å²) in [4.78, 5) is 16.3. The molecule has 1 heterocycles. The van der Waals surface area contributed by atoms with Crippen LogP contribution >= 0.6 is 0 Å². The summed E-state index contributed by atoms with van der Waals surface area (Å²) in [5.74, 6) is 1.51. The number of rotatable bonds is 8. The van der Waals surface area contributed by atoms with Crippen LogP contribution in [0.1, 0.15) is 11.3 Å². The van der Waals surface area contributed by atoms with Gasteiger partial charge in [-0.2, -0.15) is 0 Å². The van der Waals surface area contributed by atoms with Crippen molar-refractivity contribution in [2.24, 2.45) is 0 Å². The zero-order chi connectivity index (χ0) is 17.4. The standard InChI is InChI=1S/C18H22N2O4/c1-22-15-10-13(11-16(23-2)18(15)24-3)12-17(21)20-9-7-14-6-4-5-8-19-14/h4-6,8,10-11H,7,9,12H2,1-3H3,(H,20,21). The molecule has 0 aliphatic heterocycles. The number of methoxy groups -OCH3 is 3. The molecule has 0 spiro atoms. The molecule has 1 N–H and O–H groups in total. The van der Waals surface area contributed by atoms with Gasteiger partial charge in [-0.05, 0) is 29.8 Å². The highest BCUT2D eigenvalue weighted by molar-refractivity contribution is 5.79. The summed E-state index contributed by atoms with van der Waals surface area (Å²) in [7, 11) is 4.65. The molecule has 1 aromatic heterocycles. The van der Waals surface area contributed by atoms with Crippen molar-refractivity contribution >= 4 is 5.91 Å². The van der Waals surface area contributed by atoms with Crippen molar-refractivity contribution in [2.75, 3.05) is 27.9 Å². The molecule has 2 aromatic rings. The largest absolute Gasteiger partial charge is 0.493 e. The van der Waals surface area contributed by atoms with Crippen LogP contribution in [-0.2, 0) is 17.6 Å². The smallest absolute Gasteiger partial charge is 0.224 e. The van der Waals surface area contributed by atoms with Crippen LogP contribution in [0.5, 0.6) is 17.2 Å². The number of amides is 1. The van der Waals surface area contributed by atoms with Gasteiger partial charge in [-0.3, -0.25) is 9.78 Å². The first-order chi connectivity index (χ1) is 11.7. The second-order valence-electron chi connectivity index (χ2n) is 5.13. The Morgan fingerprint density at radius 2 is 1.79 bits per heavy atom. The summed E-state index contributed by atoms with van der Waals surface area (Å²) in [5, 5.41) is 2.89. The number of nitrogens with zero attached hydrogens (tertiary/aromatic N) is 1. The molecule has 0 saturated heterocycles. The minimum absolute atomic E-state index is 0.0693. The molecule has 1 amide bonds. The van der Waals surface area contributed by atoms with Crippen molar-refractivity contribution in [3.05, 3.63) is 47.8 Å². The van der Waals surface area contributed by atoms with Crippen molar-refractivity contribution in [1.29, 1.82) is 0 Å². The number of carbonyl (C=O) groups excluding carboxylic acids is 1. The summed E-state index contributed by atoms with van der Waals surface area (Å²) < 4.78 is 15.9. The first-order valence-electron chi connectivity index (χ1n) is 7.63. The Balaban J connectivity index is 1.96. The Bertz CT molecular complexity index is 649. The molecular formula is C18H22N2O4. The van der Waals surface area contributed by atoms with Crippen molar-refractivity contribution < 1.29 is 19.0 Å². The van der Waals surface area contributed by atoms with Gasteiger partial charge in [0.15, 0.2) is 11.5 Å². The maximum atomic E-state index is 12.1. The van der Waals surface area contributed by atoms with E-state index in [2.05, 4.69) is 10.3 Å². The zero-order valence-corrected chi connectivity index (χ0v) is 14.2. The van der Waals surface area contributed by atoms with E-state index in [4.69, 9.17) is 14.2 Å². The number of ether oxygens (including phenoxy) is 3. The number of carbonyl (C=O) groups is 1. The van der Waals surface area contributed by atoms with Crippen molar-refractivity contribution in [3.8, 4) is 17.2 Å². The SMILES string of the molecule is COc1cc(CC(=O)NCCc2ccccn2)cc(OC)c1OC. The van der Waals surface area contributed by atoms with E-state index in [-0.39, 0.29) is 12.3 Å². The minimum atomic E-state index is -0.0693. The second-order valence-corrected chi connectivity index (χ2v) is 5.13. The normalized spacial score (nSPS) is 10.1. The van der Waals surface area contributed by atoms with Crippen LogP contribution < -0.4 is 19.5 Å². The topological polar surface area (TPSA) is 69.7 Å². The average molecular weight is 330 g/mol. The predicted molar refractivity (Wildman–Crippen MR) is 90.8 cm³/mol. The summed E-state index contributed by atoms with van der Waals surface area (Å²) >= 11 is 0. The molecule has 0 bridgehead atoms. The second kappa shape index (κ2) is 8.76. The van der Waals surface area contributed by atoms with Crippen LogP contribution in [0.4, 0.5) is 0 Å². The molecule has 0 aliphatic rings. The molecule has 2 rings (SSSR count). The van der Waals surface area contributed by atoms with E-state index >= 15 is 0 Å². The Morgan fingerprint density at radius 1 is 1.08 bits per heavy atom. The highest BCUT2D eigenvalue weighted by atomic mass is 16.5. The molecule has 0 radical (unpaired) electrons. The number of benzene rings is 1. The molecule has 24 heavy (non-hydrogen) atoms. The molecule has 0 unspecified atom stereocenters. The van der Waals surface area contributed by atoms with E-state index in [9.17, 15) is 4.79 Å². The van der Waals surface area contributed by atoms with E-state index in [1.54, 1.807) is 39.7 Å². The third-order valence-corrected chi connectivity index (χ3v) is 3.52. The number of aromatic nitrogens is 1. The average Bonchev–Trinajstić information content (AvgIpc) is 2.61. The first kappa shape index (κ1) is 17.6. The third-order valence-electron chi connectivity index (χ3n) is 3.52. The molecule has 0 atom stereocenters. The maximum Gasteiger partial charge on any atom is 0.224 e. The van der Waals surface area contributed by atoms with E-state index in [0.29, 0.717) is 30.2 Å². The van der Waals surface area contributed by atoms with Crippen LogP contribution in [0, 0.1) is 0 Å². The lowest BCUT2D eigenvalue weighted by Crippen LogP contribution is -2.27. The minimum Gasteiger partial charge on any atom is -0.493 e. The highest BCUT2D eigenvalue weighted by Gasteiger charge is 2.14. The van der Waals surface area contributed by atoms with E-state index in [1.807, 2.05) is 18.2 Å². The summed E-state index contributed by atoms with van der Waals surface area (Å²) in [5.41, 5.74) is 1.74. The maximum absolute atomic E-state index is 12.1. The fraction of sp³-hybridized carbons (Fsp3) is 0.333. The van der Waals surface area contributed by atoms with Gasteiger partial charge < -0.3 is 19.5 Å². The lowest BCUT2D eigenvalue weighted by Gasteiger charge is -2.14. The van der Waals surface area contributed by atoms with Crippen molar-refractivity contribution in [2.45, 2.75) is 12.8 Å². The lowest BCUT2D eigenvalue weighted by molar-refractivity contribution is -0.120. The fourth-order valence-corrected chi connectivity index (χ4v) is 2.36. The number of pyridine rings is 1. The molecule has 6 nitrogen and oxygen atoms in total. The molecule has 0 aliphatic carbocycles. The Morgan fingerprint density at radius 3 is 2.33 bits per heavy atom. The third kappa shape index (κ3) is 4.62. The zero-order valence-electron chi connectivity index (χ0n) is 14.2. The van der Waals surface area contributed by atoms with Crippen molar-refractivity contribution in [1.82, 2.24) is 10.3 Å². The van der Waals surface area contributed by atoms with Gasteiger partial charge in [-0.1, -0.05) is 6.07 Å². The Hall–Kier alpha value is -2.76. The Labute approximate surface area is 141 Å². The number of hydrogen-bond donors (Lipinski definition) is 1. The number of nitrogens with one attached hydrogen (secondary N) is 1. The van der Waals surface area contributed by atoms with Gasteiger partial charge in [-0.25, -0.2) is 0 Å². The monoisotopic (exact) mass is 330 g/mol. The molecular weight excluding hydrogens is 308 g/mol. The van der Waals surface area contributed by atoms with Gasteiger partial charge in [0, 0.05) is 24.9 Å². The predicted octanol–water partition coefficient (Wildman–Crippen LogP) is 2.01. The lowest BCUT2D eigenvalue weighted by atomic mass is 10.1. The Kier molecular flexibility index (Phi) is 6.42. The van der Waals surface area contributed by atoms with Gasteiger partial charge in [0.1, 0.15) is 0 Å². The molecule has 0 saturated carbocycles. The highest BCUT2D eigenvalue weighted by Crippen LogP contribution is 2.38. The molecule has 128 valence electrons. The van der Waals surface area contributed by atoms with E-state index in [1.165, 1.54) is 0 Å². The quantitative estimate of drug-likeness (QED) is 0.802. The van der Waals surface area contributed by atoms with Crippen LogP contribution in [0.2, 0.25) is 0 Å². The summed E-state index contributed by atoms with van der Waals surface area (Å²) in [6, 6.07) is 9.29. The summed E-state index contributed by atoms with van der Waals surface area (Å²) in [6.07, 6.45) is 2.67. The van der Waals surface area contributed by atoms with Crippen LogP contribution in [-0.4, -0.2) is 38.8 Å². The van der Waals surface area contributed by atoms with Gasteiger partial charge in [0.05, 0.1) is 27.8 Å². The molecule has 0 fully saturated rings. The van der Waals surface area contributed by atoms with Crippen molar-refractivity contribution in [3.63, 3.8) is 0 Å². The molecule has 1 aromatic carbocycles. The van der Waals surface area contributed by atoms with Gasteiger partial charge in [-0.15, -0.1) is 0 Å². The summed E-state index contributed by atoms with van der Waals surface area (Å²) in [6.45, 7) is 0.542. The van der Waals surface area contributed by atoms with Crippen LogP contribution in [0.15, 0.2) is 36.5 Å². The van der Waals surface area contributed by atoms with E-state index in [0.717, 1.165) is 11.3 Å². The van der Waals surface area contributed by atoms with Gasteiger partial charge >= 0.3 is 0 Å². The van der Waals surface area contributed by atoms with Gasteiger partial charge in [0.25, 0.3) is 0 Å². The van der Waals surface area contributed by atoms with Gasteiger partial charge in [0.2, 0.25) is 11.7 Å². The number of hydrogen-bond acceptors (Lipinski definition) is 5. The fourth-order valence-electron chi connectivity index (χ4n) is 2.36. The van der Waals surface area contributed by atoms with Crippen LogP contribution in [0.3, 0.4) is 0 Å². The molecule has 6 heteroatoms. The van der Waals surface area contributed by atoms with Crippen LogP contribution in [0.25, 0.3) is 0 Å².